The van der Waals surface area contributed by atoms with Gasteiger partial charge in [-0.2, -0.15) is 0 Å². The number of nitrogens with zero attached hydrogens (tertiary/aromatic N) is 2. The highest BCUT2D eigenvalue weighted by Crippen LogP contribution is 1.88. The van der Waals surface area contributed by atoms with Gasteiger partial charge in [-0.3, -0.25) is 14.8 Å². The number of nitrogens with two attached hydrogens (primary N) is 2. The van der Waals surface area contributed by atoms with E-state index in [0.717, 1.165) is 11.4 Å². The average molecular weight is 290 g/mol. The molecule has 0 radical (unpaired) electrons. The van der Waals surface area contributed by atoms with E-state index in [2.05, 4.69) is 9.97 Å². The number of aliphatic carboxylic acids is 1. The molecule has 0 saturated carbocycles. The first-order valence-corrected chi connectivity index (χ1v) is 6.55. The number of carboxylic acids is 1. The summed E-state index contributed by atoms with van der Waals surface area (Å²) in [5, 5.41) is 7.72. The van der Waals surface area contributed by atoms with Crippen LogP contribution in [0.25, 0.3) is 0 Å². The smallest absolute Gasteiger partial charge is 0.303 e. The summed E-state index contributed by atoms with van der Waals surface area (Å²) in [7, 11) is 0. The molecule has 6 heteroatoms. The van der Waals surface area contributed by atoms with Crippen LogP contribution in [0, 0.1) is 0 Å². The van der Waals surface area contributed by atoms with Crippen molar-refractivity contribution < 1.29 is 9.90 Å². The molecule has 2 aromatic rings. The molecule has 0 bridgehead atoms. The van der Waals surface area contributed by atoms with Crippen molar-refractivity contribution in [2.24, 2.45) is 11.5 Å². The van der Waals surface area contributed by atoms with Gasteiger partial charge in [0.2, 0.25) is 0 Å². The third-order valence-electron chi connectivity index (χ3n) is 2.17. The van der Waals surface area contributed by atoms with E-state index in [4.69, 9.17) is 16.6 Å². The summed E-state index contributed by atoms with van der Waals surface area (Å²) in [5.41, 5.74) is 12.4. The zero-order chi connectivity index (χ0) is 15.9. The van der Waals surface area contributed by atoms with Gasteiger partial charge in [-0.1, -0.05) is 19.1 Å². The molecule has 5 N–H and O–H groups in total. The van der Waals surface area contributed by atoms with Crippen molar-refractivity contribution in [1.82, 2.24) is 9.97 Å². The Morgan fingerprint density at radius 3 is 1.52 bits per heavy atom. The van der Waals surface area contributed by atoms with Crippen molar-refractivity contribution in [3.63, 3.8) is 0 Å². The number of carbonyl (C=O) groups is 1. The summed E-state index contributed by atoms with van der Waals surface area (Å²) in [4.78, 5) is 17.3. The normalized spacial score (nSPS) is 8.71. The minimum atomic E-state index is -0.745. The second-order valence-electron chi connectivity index (χ2n) is 3.80. The number of rotatable bonds is 3. The molecule has 0 unspecified atom stereocenters. The van der Waals surface area contributed by atoms with Crippen LogP contribution in [0.3, 0.4) is 0 Å². The maximum atomic E-state index is 9.37. The molecule has 0 saturated heterocycles. The standard InChI is InChI=1S/2C6H8N2.C3H6O2/c2*7-5-6-3-1-2-4-8-6;1-2-3(4)5/h2*1-4H,5,7H2;2H2,1H3,(H,4,5). The number of hydrogen-bond donors (Lipinski definition) is 3. The Bertz CT molecular complexity index is 438. The first-order valence-electron chi connectivity index (χ1n) is 6.55. The third kappa shape index (κ3) is 11.2. The molecule has 0 aliphatic rings. The minimum absolute atomic E-state index is 0.222. The van der Waals surface area contributed by atoms with Crippen molar-refractivity contribution >= 4 is 5.97 Å². The van der Waals surface area contributed by atoms with E-state index >= 15 is 0 Å². The van der Waals surface area contributed by atoms with Crippen molar-refractivity contribution in [3.8, 4) is 0 Å². The Labute approximate surface area is 124 Å². The van der Waals surface area contributed by atoms with Crippen molar-refractivity contribution in [3.05, 3.63) is 60.2 Å². The van der Waals surface area contributed by atoms with Crippen LogP contribution in [0.4, 0.5) is 0 Å². The molecule has 0 amide bonds. The molecule has 2 rings (SSSR count). The lowest BCUT2D eigenvalue weighted by atomic mass is 10.4. The summed E-state index contributed by atoms with van der Waals surface area (Å²) in [5.74, 6) is -0.745. The molecule has 0 fully saturated rings. The minimum Gasteiger partial charge on any atom is -0.481 e. The van der Waals surface area contributed by atoms with Gasteiger partial charge in [0.15, 0.2) is 0 Å². The molecular weight excluding hydrogens is 268 g/mol. The van der Waals surface area contributed by atoms with Gasteiger partial charge < -0.3 is 16.6 Å². The van der Waals surface area contributed by atoms with Crippen LogP contribution in [0.15, 0.2) is 48.8 Å². The molecular formula is C15H22N4O2. The van der Waals surface area contributed by atoms with Crippen LogP contribution in [-0.2, 0) is 17.9 Å². The summed E-state index contributed by atoms with van der Waals surface area (Å²) in [6.07, 6.45) is 3.70. The van der Waals surface area contributed by atoms with Gasteiger partial charge in [-0.25, -0.2) is 0 Å². The fraction of sp³-hybridized carbons (Fsp3) is 0.267. The Hall–Kier alpha value is -2.31. The Balaban J connectivity index is 0.000000296. The highest BCUT2D eigenvalue weighted by atomic mass is 16.4. The lowest BCUT2D eigenvalue weighted by molar-refractivity contribution is -0.136. The van der Waals surface area contributed by atoms with Crippen LogP contribution in [0.1, 0.15) is 24.7 Å². The zero-order valence-electron chi connectivity index (χ0n) is 12.1. The second kappa shape index (κ2) is 12.7. The average Bonchev–Trinajstić information content (AvgIpc) is 2.57. The largest absolute Gasteiger partial charge is 0.481 e. The van der Waals surface area contributed by atoms with Gasteiger partial charge in [0.05, 0.1) is 11.4 Å². The van der Waals surface area contributed by atoms with Crippen molar-refractivity contribution in [2.75, 3.05) is 0 Å². The van der Waals surface area contributed by atoms with E-state index < -0.39 is 5.97 Å². The molecule has 0 aliphatic heterocycles. The van der Waals surface area contributed by atoms with Crippen LogP contribution in [-0.4, -0.2) is 21.0 Å². The lowest BCUT2D eigenvalue weighted by Gasteiger charge is -1.89. The Kier molecular flexibility index (Phi) is 11.3. The van der Waals surface area contributed by atoms with Crippen LogP contribution >= 0.6 is 0 Å². The number of pyridine rings is 2. The fourth-order valence-electron chi connectivity index (χ4n) is 1.04. The number of carboxylic acid groups (broad SMARTS) is 1. The maximum absolute atomic E-state index is 9.37. The lowest BCUT2D eigenvalue weighted by Crippen LogP contribution is -1.97. The maximum Gasteiger partial charge on any atom is 0.303 e. The summed E-state index contributed by atoms with van der Waals surface area (Å²) in [6, 6.07) is 11.4. The quantitative estimate of drug-likeness (QED) is 0.790. The van der Waals surface area contributed by atoms with Gasteiger partial charge in [0.25, 0.3) is 0 Å². The van der Waals surface area contributed by atoms with Crippen molar-refractivity contribution in [1.29, 1.82) is 0 Å². The zero-order valence-corrected chi connectivity index (χ0v) is 12.1. The Morgan fingerprint density at radius 2 is 1.38 bits per heavy atom. The topological polar surface area (TPSA) is 115 Å². The molecule has 2 aromatic heterocycles. The van der Waals surface area contributed by atoms with Gasteiger partial charge in [-0.05, 0) is 24.3 Å². The van der Waals surface area contributed by atoms with Gasteiger partial charge in [-0.15, -0.1) is 0 Å². The van der Waals surface area contributed by atoms with E-state index in [9.17, 15) is 4.79 Å². The van der Waals surface area contributed by atoms with Gasteiger partial charge >= 0.3 is 5.97 Å². The first-order chi connectivity index (χ1) is 10.1. The predicted octanol–water partition coefficient (Wildman–Crippen LogP) is 1.56. The fourth-order valence-corrected chi connectivity index (χ4v) is 1.04. The van der Waals surface area contributed by atoms with Gasteiger partial charge in [0.1, 0.15) is 0 Å². The molecule has 0 aliphatic carbocycles. The van der Waals surface area contributed by atoms with E-state index in [0.29, 0.717) is 13.1 Å². The monoisotopic (exact) mass is 290 g/mol. The van der Waals surface area contributed by atoms with Crippen LogP contribution in [0.2, 0.25) is 0 Å². The highest BCUT2D eigenvalue weighted by molar-refractivity contribution is 5.66. The van der Waals surface area contributed by atoms with E-state index in [-0.39, 0.29) is 6.42 Å². The molecule has 0 aromatic carbocycles. The molecule has 21 heavy (non-hydrogen) atoms. The molecule has 0 spiro atoms. The molecule has 2 heterocycles. The summed E-state index contributed by atoms with van der Waals surface area (Å²) in [6.45, 7) is 2.66. The third-order valence-corrected chi connectivity index (χ3v) is 2.17. The predicted molar refractivity (Wildman–Crippen MR) is 82.2 cm³/mol. The molecule has 0 atom stereocenters. The number of aromatic nitrogens is 2. The number of hydrogen-bond acceptors (Lipinski definition) is 5. The first kappa shape index (κ1) is 18.7. The van der Waals surface area contributed by atoms with Crippen LogP contribution < -0.4 is 11.5 Å². The van der Waals surface area contributed by atoms with E-state index in [1.54, 1.807) is 19.3 Å². The summed E-state index contributed by atoms with van der Waals surface area (Å²) < 4.78 is 0. The van der Waals surface area contributed by atoms with Crippen molar-refractivity contribution in [2.45, 2.75) is 26.4 Å². The van der Waals surface area contributed by atoms with Crippen LogP contribution in [0.5, 0.6) is 0 Å². The van der Waals surface area contributed by atoms with E-state index in [1.165, 1.54) is 0 Å². The van der Waals surface area contributed by atoms with E-state index in [1.807, 2.05) is 36.4 Å². The molecule has 6 nitrogen and oxygen atoms in total. The van der Waals surface area contributed by atoms with Gasteiger partial charge in [0, 0.05) is 31.9 Å². The second-order valence-corrected chi connectivity index (χ2v) is 3.80. The Morgan fingerprint density at radius 1 is 1.00 bits per heavy atom. The highest BCUT2D eigenvalue weighted by Gasteiger charge is 1.82. The summed E-state index contributed by atoms with van der Waals surface area (Å²) >= 11 is 0. The SMILES string of the molecule is CCC(=O)O.NCc1ccccn1.NCc1ccccn1. The molecule has 114 valence electrons.